The maximum atomic E-state index is 12.2. The van der Waals surface area contributed by atoms with Crippen molar-refractivity contribution < 1.29 is 14.3 Å². The van der Waals surface area contributed by atoms with E-state index in [-0.39, 0.29) is 0 Å². The Hall–Kier alpha value is -2.73. The first kappa shape index (κ1) is 22.9. The van der Waals surface area contributed by atoms with Crippen molar-refractivity contribution >= 4 is 46.9 Å². The van der Waals surface area contributed by atoms with Crippen molar-refractivity contribution in [1.29, 1.82) is 0 Å². The number of hydrogen-bond donors (Lipinski definition) is 1. The summed E-state index contributed by atoms with van der Waals surface area (Å²) >= 11 is 17.7. The largest absolute Gasteiger partial charge is 0.490 e. The van der Waals surface area contributed by atoms with E-state index in [1.807, 2.05) is 37.3 Å². The van der Waals surface area contributed by atoms with Crippen LogP contribution in [0.4, 0.5) is 0 Å². The van der Waals surface area contributed by atoms with Crippen LogP contribution in [-0.4, -0.2) is 18.7 Å². The first-order chi connectivity index (χ1) is 15.0. The molecule has 0 unspecified atom stereocenters. The summed E-state index contributed by atoms with van der Waals surface area (Å²) in [5, 5.41) is 5.35. The third-order valence-corrected chi connectivity index (χ3v) is 5.13. The van der Waals surface area contributed by atoms with E-state index in [9.17, 15) is 4.79 Å². The van der Waals surface area contributed by atoms with Gasteiger partial charge in [-0.05, 0) is 66.6 Å². The zero-order chi connectivity index (χ0) is 22.2. The third kappa shape index (κ3) is 6.62. The molecule has 0 aliphatic heterocycles. The first-order valence-electron chi connectivity index (χ1n) is 9.39. The summed E-state index contributed by atoms with van der Waals surface area (Å²) in [7, 11) is 0. The summed E-state index contributed by atoms with van der Waals surface area (Å²) in [6.45, 7) is 2.75. The molecule has 0 aliphatic rings. The molecule has 0 atom stereocenters. The van der Waals surface area contributed by atoms with Crippen LogP contribution in [0.3, 0.4) is 0 Å². The zero-order valence-corrected chi connectivity index (χ0v) is 18.8. The molecule has 31 heavy (non-hydrogen) atoms. The summed E-state index contributed by atoms with van der Waals surface area (Å²) in [4.78, 5) is 12.2. The van der Waals surface area contributed by atoms with Gasteiger partial charge in [-0.3, -0.25) is 4.79 Å². The molecule has 8 heteroatoms. The van der Waals surface area contributed by atoms with Crippen LogP contribution >= 0.6 is 34.8 Å². The van der Waals surface area contributed by atoms with E-state index in [0.717, 1.165) is 11.1 Å². The molecule has 3 rings (SSSR count). The van der Waals surface area contributed by atoms with E-state index in [4.69, 9.17) is 44.3 Å². The van der Waals surface area contributed by atoms with Gasteiger partial charge in [0.05, 0.1) is 22.9 Å². The van der Waals surface area contributed by atoms with Crippen molar-refractivity contribution in [2.45, 2.75) is 13.5 Å². The van der Waals surface area contributed by atoms with Crippen LogP contribution in [0.25, 0.3) is 0 Å². The second-order valence-corrected chi connectivity index (χ2v) is 7.63. The summed E-state index contributed by atoms with van der Waals surface area (Å²) in [5.41, 5.74) is 4.53. The first-order valence-corrected chi connectivity index (χ1v) is 10.5. The smallest absolute Gasteiger partial charge is 0.271 e. The van der Waals surface area contributed by atoms with Crippen LogP contribution in [0.5, 0.6) is 11.5 Å². The second-order valence-electron chi connectivity index (χ2n) is 6.38. The number of nitrogens with one attached hydrogen (secondary N) is 1. The number of carbonyl (C=O) groups is 1. The highest BCUT2D eigenvalue weighted by Crippen LogP contribution is 2.29. The number of benzene rings is 3. The molecule has 0 fully saturated rings. The Bertz CT molecular complexity index is 1090. The van der Waals surface area contributed by atoms with Crippen LogP contribution in [0.15, 0.2) is 65.8 Å². The van der Waals surface area contributed by atoms with Gasteiger partial charge in [0.2, 0.25) is 0 Å². The van der Waals surface area contributed by atoms with E-state index in [1.165, 1.54) is 12.3 Å². The fraction of sp³-hybridized carbons (Fsp3) is 0.130. The minimum atomic E-state index is -0.400. The standard InChI is InChI=1S/C23H19Cl3N2O3/c1-2-30-22-11-16(5-10-21(22)31-14-15-3-7-18(24)8-4-15)13-27-28-23(29)17-6-9-19(25)20(26)12-17/h3-13H,2,14H2,1H3,(H,28,29)/b27-13-. The summed E-state index contributed by atoms with van der Waals surface area (Å²) in [6, 6.07) is 17.4. The number of hydrazone groups is 1. The second kappa shape index (κ2) is 11.0. The number of nitrogens with zero attached hydrogens (tertiary/aromatic N) is 1. The van der Waals surface area contributed by atoms with Crippen molar-refractivity contribution in [3.05, 3.63) is 92.4 Å². The van der Waals surface area contributed by atoms with Crippen LogP contribution < -0.4 is 14.9 Å². The number of rotatable bonds is 8. The number of carbonyl (C=O) groups excluding carboxylic acids is 1. The third-order valence-electron chi connectivity index (χ3n) is 4.14. The quantitative estimate of drug-likeness (QED) is 0.302. The molecule has 0 saturated carbocycles. The Kier molecular flexibility index (Phi) is 8.18. The topological polar surface area (TPSA) is 59.9 Å². The molecule has 0 spiro atoms. The molecule has 160 valence electrons. The summed E-state index contributed by atoms with van der Waals surface area (Å²) in [5.74, 6) is 0.785. The van der Waals surface area contributed by atoms with Gasteiger partial charge >= 0.3 is 0 Å². The van der Waals surface area contributed by atoms with E-state index < -0.39 is 5.91 Å². The molecule has 0 aromatic heterocycles. The highest BCUT2D eigenvalue weighted by atomic mass is 35.5. The van der Waals surface area contributed by atoms with Crippen molar-refractivity contribution in [2.24, 2.45) is 5.10 Å². The van der Waals surface area contributed by atoms with Gasteiger partial charge in [-0.1, -0.05) is 46.9 Å². The number of halogens is 3. The molecule has 3 aromatic rings. The predicted molar refractivity (Wildman–Crippen MR) is 125 cm³/mol. The van der Waals surface area contributed by atoms with Gasteiger partial charge < -0.3 is 9.47 Å². The molecule has 0 radical (unpaired) electrons. The van der Waals surface area contributed by atoms with Gasteiger partial charge in [-0.15, -0.1) is 0 Å². The minimum Gasteiger partial charge on any atom is -0.490 e. The maximum Gasteiger partial charge on any atom is 0.271 e. The molecule has 0 heterocycles. The molecular formula is C23H19Cl3N2O3. The normalized spacial score (nSPS) is 10.8. The molecule has 5 nitrogen and oxygen atoms in total. The molecule has 1 N–H and O–H groups in total. The molecule has 0 aliphatic carbocycles. The molecular weight excluding hydrogens is 459 g/mol. The predicted octanol–water partition coefficient (Wildman–Crippen LogP) is 6.39. The van der Waals surface area contributed by atoms with Crippen LogP contribution in [-0.2, 0) is 6.61 Å². The highest BCUT2D eigenvalue weighted by Gasteiger charge is 2.08. The molecule has 1 amide bonds. The van der Waals surface area contributed by atoms with Gasteiger partial charge in [0, 0.05) is 10.6 Å². The summed E-state index contributed by atoms with van der Waals surface area (Å²) in [6.07, 6.45) is 1.51. The SMILES string of the molecule is CCOc1cc(/C=N\NC(=O)c2ccc(Cl)c(Cl)c2)ccc1OCc1ccc(Cl)cc1. The van der Waals surface area contributed by atoms with Crippen molar-refractivity contribution in [3.63, 3.8) is 0 Å². The number of ether oxygens (including phenoxy) is 2. The Morgan fingerprint density at radius 3 is 2.42 bits per heavy atom. The average Bonchev–Trinajstić information content (AvgIpc) is 2.76. The lowest BCUT2D eigenvalue weighted by Gasteiger charge is -2.12. The lowest BCUT2D eigenvalue weighted by Crippen LogP contribution is -2.17. The van der Waals surface area contributed by atoms with E-state index >= 15 is 0 Å². The Morgan fingerprint density at radius 1 is 0.935 bits per heavy atom. The van der Waals surface area contributed by atoms with Crippen molar-refractivity contribution in [1.82, 2.24) is 5.43 Å². The van der Waals surface area contributed by atoms with Gasteiger partial charge in [0.25, 0.3) is 5.91 Å². The van der Waals surface area contributed by atoms with E-state index in [2.05, 4.69) is 10.5 Å². The van der Waals surface area contributed by atoms with Gasteiger partial charge in [0.15, 0.2) is 11.5 Å². The van der Waals surface area contributed by atoms with Gasteiger partial charge in [-0.2, -0.15) is 5.10 Å². The zero-order valence-electron chi connectivity index (χ0n) is 16.6. The fourth-order valence-corrected chi connectivity index (χ4v) is 3.03. The van der Waals surface area contributed by atoms with Crippen molar-refractivity contribution in [2.75, 3.05) is 6.61 Å². The minimum absolute atomic E-state index is 0.300. The molecule has 0 saturated heterocycles. The van der Waals surface area contributed by atoms with Crippen LogP contribution in [0.1, 0.15) is 28.4 Å². The van der Waals surface area contributed by atoms with Gasteiger partial charge in [-0.25, -0.2) is 5.43 Å². The van der Waals surface area contributed by atoms with E-state index in [0.29, 0.717) is 45.3 Å². The molecule has 3 aromatic carbocycles. The maximum absolute atomic E-state index is 12.2. The Balaban J connectivity index is 1.65. The fourth-order valence-electron chi connectivity index (χ4n) is 2.60. The number of hydrogen-bond acceptors (Lipinski definition) is 4. The Morgan fingerprint density at radius 2 is 1.71 bits per heavy atom. The lowest BCUT2D eigenvalue weighted by molar-refractivity contribution is 0.0955. The number of amides is 1. The van der Waals surface area contributed by atoms with Crippen molar-refractivity contribution in [3.8, 4) is 11.5 Å². The highest BCUT2D eigenvalue weighted by molar-refractivity contribution is 6.42. The monoisotopic (exact) mass is 476 g/mol. The van der Waals surface area contributed by atoms with Crippen LogP contribution in [0.2, 0.25) is 15.1 Å². The van der Waals surface area contributed by atoms with Crippen LogP contribution in [0, 0.1) is 0 Å². The Labute approximate surface area is 195 Å². The van der Waals surface area contributed by atoms with Gasteiger partial charge in [0.1, 0.15) is 6.61 Å². The lowest BCUT2D eigenvalue weighted by atomic mass is 10.2. The average molecular weight is 478 g/mol. The summed E-state index contributed by atoms with van der Waals surface area (Å²) < 4.78 is 11.6. The van der Waals surface area contributed by atoms with E-state index in [1.54, 1.807) is 24.3 Å². The molecule has 0 bridgehead atoms.